The Bertz CT molecular complexity index is 98.5. The van der Waals surface area contributed by atoms with Gasteiger partial charge in [-0.05, 0) is 13.2 Å². The molecule has 0 aliphatic carbocycles. The van der Waals surface area contributed by atoms with Gasteiger partial charge < -0.3 is 5.11 Å². The van der Waals surface area contributed by atoms with E-state index in [1.165, 1.54) is 6.26 Å². The maximum Gasteiger partial charge on any atom is 0.426 e. The van der Waals surface area contributed by atoms with E-state index in [9.17, 15) is 13.2 Å². The van der Waals surface area contributed by atoms with Crippen LogP contribution in [0.1, 0.15) is 6.92 Å². The van der Waals surface area contributed by atoms with Crippen LogP contribution in [-0.4, -0.2) is 22.5 Å². The highest BCUT2D eigenvalue weighted by Crippen LogP contribution is 2.36. The third kappa shape index (κ3) is 2.06. The maximum atomic E-state index is 11.6. The molecule has 0 rings (SSSR count). The van der Waals surface area contributed by atoms with Gasteiger partial charge in [-0.2, -0.15) is 13.2 Å². The van der Waals surface area contributed by atoms with Crippen molar-refractivity contribution < 1.29 is 18.3 Å². The van der Waals surface area contributed by atoms with Gasteiger partial charge in [0.15, 0.2) is 0 Å². The van der Waals surface area contributed by atoms with Crippen molar-refractivity contribution in [2.45, 2.75) is 18.0 Å². The molecule has 0 bridgehead atoms. The SMILES string of the molecule is CSC(C)(O)C(F)(F)F. The quantitative estimate of drug-likeness (QED) is 0.588. The van der Waals surface area contributed by atoms with Crippen LogP contribution >= 0.6 is 11.8 Å². The second-order valence-corrected chi connectivity index (χ2v) is 2.89. The van der Waals surface area contributed by atoms with Crippen LogP contribution in [0.3, 0.4) is 0 Å². The molecule has 0 fully saturated rings. The molecule has 1 nitrogen and oxygen atoms in total. The molecule has 0 saturated carbocycles. The number of hydrogen-bond acceptors (Lipinski definition) is 2. The summed E-state index contributed by atoms with van der Waals surface area (Å²) in [5.74, 6) is 0. The maximum absolute atomic E-state index is 11.6. The Labute approximate surface area is 55.2 Å². The van der Waals surface area contributed by atoms with Crippen molar-refractivity contribution in [3.8, 4) is 0 Å². The molecule has 0 heterocycles. The molecular weight excluding hydrogens is 153 g/mol. The lowest BCUT2D eigenvalue weighted by Gasteiger charge is -2.23. The summed E-state index contributed by atoms with van der Waals surface area (Å²) >= 11 is 0.365. The van der Waals surface area contributed by atoms with E-state index in [-0.39, 0.29) is 0 Å². The number of alkyl halides is 3. The summed E-state index contributed by atoms with van der Waals surface area (Å²) < 4.78 is 34.7. The van der Waals surface area contributed by atoms with Gasteiger partial charge in [0.2, 0.25) is 4.93 Å². The molecule has 0 aromatic carbocycles. The van der Waals surface area contributed by atoms with Crippen LogP contribution in [0.4, 0.5) is 13.2 Å². The summed E-state index contributed by atoms with van der Waals surface area (Å²) in [7, 11) is 0. The van der Waals surface area contributed by atoms with E-state index >= 15 is 0 Å². The Morgan fingerprint density at radius 2 is 1.67 bits per heavy atom. The Kier molecular flexibility index (Phi) is 2.41. The number of aliphatic hydroxyl groups is 1. The van der Waals surface area contributed by atoms with E-state index in [0.717, 1.165) is 6.92 Å². The zero-order valence-electron chi connectivity index (χ0n) is 4.99. The minimum Gasteiger partial charge on any atom is -0.371 e. The van der Waals surface area contributed by atoms with Crippen molar-refractivity contribution in [2.75, 3.05) is 6.26 Å². The van der Waals surface area contributed by atoms with E-state index in [1.54, 1.807) is 0 Å². The van der Waals surface area contributed by atoms with Gasteiger partial charge >= 0.3 is 6.18 Å². The first-order valence-electron chi connectivity index (χ1n) is 2.15. The molecule has 0 aromatic heterocycles. The van der Waals surface area contributed by atoms with E-state index < -0.39 is 11.1 Å². The third-order valence-electron chi connectivity index (χ3n) is 0.923. The van der Waals surface area contributed by atoms with Gasteiger partial charge in [0.05, 0.1) is 0 Å². The number of halogens is 3. The fourth-order valence-corrected chi connectivity index (χ4v) is 0.347. The van der Waals surface area contributed by atoms with Crippen molar-refractivity contribution in [3.63, 3.8) is 0 Å². The fourth-order valence-electron chi connectivity index (χ4n) is 0.116. The number of rotatable bonds is 1. The van der Waals surface area contributed by atoms with Crippen LogP contribution in [0.15, 0.2) is 0 Å². The van der Waals surface area contributed by atoms with Crippen molar-refractivity contribution in [2.24, 2.45) is 0 Å². The summed E-state index contributed by atoms with van der Waals surface area (Å²) in [6, 6.07) is 0. The molecule has 1 atom stereocenters. The van der Waals surface area contributed by atoms with Crippen LogP contribution in [-0.2, 0) is 0 Å². The molecule has 5 heteroatoms. The van der Waals surface area contributed by atoms with Gasteiger partial charge in [-0.15, -0.1) is 11.8 Å². The first-order chi connectivity index (χ1) is 3.81. The summed E-state index contributed by atoms with van der Waals surface area (Å²) in [6.45, 7) is 0.720. The Balaban J connectivity index is 4.14. The molecule has 9 heavy (non-hydrogen) atoms. The van der Waals surface area contributed by atoms with Crippen molar-refractivity contribution >= 4 is 11.8 Å². The largest absolute Gasteiger partial charge is 0.426 e. The summed E-state index contributed by atoms with van der Waals surface area (Å²) in [5.41, 5.74) is 0. The predicted octanol–water partition coefficient (Wildman–Crippen LogP) is 1.62. The van der Waals surface area contributed by atoms with E-state index in [4.69, 9.17) is 5.11 Å². The van der Waals surface area contributed by atoms with Crippen molar-refractivity contribution in [1.29, 1.82) is 0 Å². The number of thioether (sulfide) groups is 1. The zero-order chi connectivity index (χ0) is 7.71. The Morgan fingerprint density at radius 3 is 1.67 bits per heavy atom. The lowest BCUT2D eigenvalue weighted by Crippen LogP contribution is -2.38. The third-order valence-corrected chi connectivity index (χ3v) is 1.95. The molecule has 0 radical (unpaired) electrons. The highest BCUT2D eigenvalue weighted by molar-refractivity contribution is 7.99. The lowest BCUT2D eigenvalue weighted by molar-refractivity contribution is -0.213. The van der Waals surface area contributed by atoms with Crippen LogP contribution in [0.25, 0.3) is 0 Å². The molecule has 0 saturated heterocycles. The fraction of sp³-hybridized carbons (Fsp3) is 1.00. The monoisotopic (exact) mass is 160 g/mol. The van der Waals surface area contributed by atoms with E-state index in [1.807, 2.05) is 0 Å². The molecule has 0 aromatic rings. The predicted molar refractivity (Wildman–Crippen MR) is 30.2 cm³/mol. The second-order valence-electron chi connectivity index (χ2n) is 1.68. The highest BCUT2D eigenvalue weighted by atomic mass is 32.2. The van der Waals surface area contributed by atoms with Gasteiger partial charge in [0.25, 0.3) is 0 Å². The van der Waals surface area contributed by atoms with Gasteiger partial charge in [-0.1, -0.05) is 0 Å². The van der Waals surface area contributed by atoms with Gasteiger partial charge in [0.1, 0.15) is 0 Å². The minimum atomic E-state index is -4.54. The first-order valence-corrected chi connectivity index (χ1v) is 3.38. The van der Waals surface area contributed by atoms with Gasteiger partial charge in [0, 0.05) is 0 Å². The molecule has 0 spiro atoms. The molecule has 1 N–H and O–H groups in total. The Hall–Kier alpha value is 0.100. The van der Waals surface area contributed by atoms with Crippen LogP contribution in [0.2, 0.25) is 0 Å². The summed E-state index contributed by atoms with van der Waals surface area (Å²) in [5, 5.41) is 8.50. The van der Waals surface area contributed by atoms with Crippen molar-refractivity contribution in [3.05, 3.63) is 0 Å². The highest BCUT2D eigenvalue weighted by Gasteiger charge is 2.49. The van der Waals surface area contributed by atoms with Crippen LogP contribution < -0.4 is 0 Å². The molecule has 56 valence electrons. The molecule has 0 aliphatic heterocycles. The van der Waals surface area contributed by atoms with Gasteiger partial charge in [-0.25, -0.2) is 0 Å². The topological polar surface area (TPSA) is 20.2 Å². The average Bonchev–Trinajstić information content (AvgIpc) is 1.64. The molecule has 0 aliphatic rings. The number of hydrogen-bond donors (Lipinski definition) is 1. The zero-order valence-corrected chi connectivity index (χ0v) is 5.81. The molecule has 1 unspecified atom stereocenters. The van der Waals surface area contributed by atoms with Crippen LogP contribution in [0, 0.1) is 0 Å². The second kappa shape index (κ2) is 2.38. The normalized spacial score (nSPS) is 19.3. The Morgan fingerprint density at radius 1 is 1.33 bits per heavy atom. The molecule has 0 amide bonds. The lowest BCUT2D eigenvalue weighted by atomic mass is 10.4. The van der Waals surface area contributed by atoms with E-state index in [2.05, 4.69) is 0 Å². The van der Waals surface area contributed by atoms with Crippen molar-refractivity contribution in [1.82, 2.24) is 0 Å². The smallest absolute Gasteiger partial charge is 0.371 e. The first kappa shape index (κ1) is 9.10. The molecular formula is C4H7F3OS. The van der Waals surface area contributed by atoms with Crippen LogP contribution in [0.5, 0.6) is 0 Å². The standard InChI is InChI=1S/C4H7F3OS/c1-3(8,9-2)4(5,6)7/h8H,1-2H3. The summed E-state index contributed by atoms with van der Waals surface area (Å²) in [4.78, 5) is -2.60. The van der Waals surface area contributed by atoms with Gasteiger partial charge in [-0.3, -0.25) is 0 Å². The summed E-state index contributed by atoms with van der Waals surface area (Å²) in [6.07, 6.45) is -3.33. The average molecular weight is 160 g/mol. The van der Waals surface area contributed by atoms with E-state index in [0.29, 0.717) is 11.8 Å². The minimum absolute atomic E-state index is 0.365.